The van der Waals surface area contributed by atoms with E-state index in [4.69, 9.17) is 9.47 Å². The summed E-state index contributed by atoms with van der Waals surface area (Å²) in [6.07, 6.45) is 3.68. The number of fused-ring (bicyclic) bond motifs is 1. The highest BCUT2D eigenvalue weighted by Crippen LogP contribution is 2.30. The number of aryl methyl sites for hydroxylation is 1. The van der Waals surface area contributed by atoms with Crippen LogP contribution in [0.2, 0.25) is 0 Å². The van der Waals surface area contributed by atoms with E-state index in [1.165, 1.54) is 17.5 Å². The Bertz CT molecular complexity index is 831. The fourth-order valence-electron chi connectivity index (χ4n) is 3.31. The Morgan fingerprint density at radius 2 is 1.85 bits per heavy atom. The lowest BCUT2D eigenvalue weighted by Gasteiger charge is -2.22. The van der Waals surface area contributed by atoms with Crippen LogP contribution in [0.25, 0.3) is 0 Å². The second-order valence-electron chi connectivity index (χ2n) is 6.62. The van der Waals surface area contributed by atoms with E-state index < -0.39 is 12.1 Å². The summed E-state index contributed by atoms with van der Waals surface area (Å²) in [7, 11) is 0. The first-order valence-corrected chi connectivity index (χ1v) is 9.44. The van der Waals surface area contributed by atoms with Crippen molar-refractivity contribution in [1.29, 1.82) is 0 Å². The van der Waals surface area contributed by atoms with E-state index >= 15 is 0 Å². The van der Waals surface area contributed by atoms with E-state index in [-0.39, 0.29) is 12.5 Å². The quantitative estimate of drug-likeness (QED) is 0.779. The molecule has 1 N–H and O–H groups in total. The molecule has 0 heterocycles. The number of anilines is 1. The summed E-state index contributed by atoms with van der Waals surface area (Å²) in [5, 5.41) is 2.79. The largest absolute Gasteiger partial charge is 0.481 e. The Morgan fingerprint density at radius 3 is 2.67 bits per heavy atom. The van der Waals surface area contributed by atoms with E-state index in [0.29, 0.717) is 11.3 Å². The van der Waals surface area contributed by atoms with E-state index in [1.807, 2.05) is 12.1 Å². The molecule has 2 aromatic carbocycles. The average molecular weight is 367 g/mol. The number of hydrogen-bond acceptors (Lipinski definition) is 4. The van der Waals surface area contributed by atoms with Gasteiger partial charge in [-0.05, 0) is 68.9 Å². The third-order valence-corrected chi connectivity index (χ3v) is 4.71. The molecule has 0 saturated carbocycles. The Labute approximate surface area is 159 Å². The Kier molecular flexibility index (Phi) is 6.12. The standard InChI is InChI=1S/C22H25NO4/c1-3-26-22(25)18-12-6-7-13-19(18)23-21(24)15(2)27-20-14-8-10-16-9-4-5-11-17(16)20/h6-8,10,12-15H,3-5,9,11H2,1-2H3,(H,23,24). The van der Waals surface area contributed by atoms with E-state index in [9.17, 15) is 9.59 Å². The molecule has 142 valence electrons. The fourth-order valence-corrected chi connectivity index (χ4v) is 3.31. The van der Waals surface area contributed by atoms with E-state index in [2.05, 4.69) is 11.4 Å². The van der Waals surface area contributed by atoms with Crippen LogP contribution in [0.3, 0.4) is 0 Å². The van der Waals surface area contributed by atoms with Crippen LogP contribution < -0.4 is 10.1 Å². The number of hydrogen-bond donors (Lipinski definition) is 1. The lowest BCUT2D eigenvalue weighted by atomic mass is 9.91. The van der Waals surface area contributed by atoms with Crippen LogP contribution in [-0.2, 0) is 22.4 Å². The van der Waals surface area contributed by atoms with Crippen molar-refractivity contribution >= 4 is 17.6 Å². The smallest absolute Gasteiger partial charge is 0.340 e. The third-order valence-electron chi connectivity index (χ3n) is 4.71. The molecule has 1 atom stereocenters. The molecule has 0 aliphatic heterocycles. The maximum atomic E-state index is 12.6. The molecule has 0 fully saturated rings. The van der Waals surface area contributed by atoms with Gasteiger partial charge in [0.15, 0.2) is 6.10 Å². The highest BCUT2D eigenvalue weighted by molar-refractivity contribution is 6.02. The maximum absolute atomic E-state index is 12.6. The maximum Gasteiger partial charge on any atom is 0.340 e. The van der Waals surface area contributed by atoms with Crippen molar-refractivity contribution in [3.8, 4) is 5.75 Å². The van der Waals surface area contributed by atoms with Gasteiger partial charge in [-0.25, -0.2) is 4.79 Å². The van der Waals surface area contributed by atoms with Crippen LogP contribution in [0.15, 0.2) is 42.5 Å². The first kappa shape index (κ1) is 19.0. The van der Waals surface area contributed by atoms with Gasteiger partial charge in [0.05, 0.1) is 17.9 Å². The molecule has 2 aromatic rings. The predicted molar refractivity (Wildman–Crippen MR) is 104 cm³/mol. The van der Waals surface area contributed by atoms with Crippen molar-refractivity contribution < 1.29 is 19.1 Å². The first-order valence-electron chi connectivity index (χ1n) is 9.44. The number of amides is 1. The van der Waals surface area contributed by atoms with Gasteiger partial charge in [-0.1, -0.05) is 24.3 Å². The summed E-state index contributed by atoms with van der Waals surface area (Å²) in [5.41, 5.74) is 3.26. The summed E-state index contributed by atoms with van der Waals surface area (Å²) in [6, 6.07) is 12.8. The molecule has 1 unspecified atom stereocenters. The molecule has 0 spiro atoms. The van der Waals surface area contributed by atoms with Gasteiger partial charge in [0.25, 0.3) is 5.91 Å². The SMILES string of the molecule is CCOC(=O)c1ccccc1NC(=O)C(C)Oc1cccc2c1CCCC2. The van der Waals surface area contributed by atoms with Crippen LogP contribution in [0, 0.1) is 0 Å². The number of benzene rings is 2. The average Bonchev–Trinajstić information content (AvgIpc) is 2.69. The van der Waals surface area contributed by atoms with Crippen LogP contribution in [0.1, 0.15) is 48.2 Å². The van der Waals surface area contributed by atoms with Crippen molar-refractivity contribution in [3.63, 3.8) is 0 Å². The zero-order valence-electron chi connectivity index (χ0n) is 15.8. The number of carbonyl (C=O) groups excluding carboxylic acids is 2. The molecule has 1 aliphatic rings. The number of ether oxygens (including phenoxy) is 2. The zero-order valence-corrected chi connectivity index (χ0v) is 15.8. The minimum absolute atomic E-state index is 0.278. The molecule has 0 radical (unpaired) electrons. The van der Waals surface area contributed by atoms with E-state index in [1.54, 1.807) is 38.1 Å². The van der Waals surface area contributed by atoms with Gasteiger partial charge in [-0.15, -0.1) is 0 Å². The molecule has 3 rings (SSSR count). The van der Waals surface area contributed by atoms with E-state index in [0.717, 1.165) is 25.0 Å². The van der Waals surface area contributed by atoms with Crippen LogP contribution in [-0.4, -0.2) is 24.6 Å². The summed E-state index contributed by atoms with van der Waals surface area (Å²) in [4.78, 5) is 24.7. The van der Waals surface area contributed by atoms with Crippen LogP contribution in [0.5, 0.6) is 5.75 Å². The number of nitrogens with one attached hydrogen (secondary N) is 1. The second-order valence-corrected chi connectivity index (χ2v) is 6.62. The lowest BCUT2D eigenvalue weighted by Crippen LogP contribution is -2.31. The Balaban J connectivity index is 1.72. The Hall–Kier alpha value is -2.82. The topological polar surface area (TPSA) is 64.6 Å². The molecular weight excluding hydrogens is 342 g/mol. The lowest BCUT2D eigenvalue weighted by molar-refractivity contribution is -0.122. The van der Waals surface area contributed by atoms with Crippen molar-refractivity contribution in [2.24, 2.45) is 0 Å². The van der Waals surface area contributed by atoms with Gasteiger partial charge in [-0.3, -0.25) is 4.79 Å². The minimum Gasteiger partial charge on any atom is -0.481 e. The molecule has 5 nitrogen and oxygen atoms in total. The first-order chi connectivity index (χ1) is 13.1. The fraction of sp³-hybridized carbons (Fsp3) is 0.364. The van der Waals surface area contributed by atoms with Crippen molar-refractivity contribution in [1.82, 2.24) is 0 Å². The summed E-state index contributed by atoms with van der Waals surface area (Å²) in [5.74, 6) is 0.00721. The molecule has 0 bridgehead atoms. The molecule has 1 aliphatic carbocycles. The molecule has 5 heteroatoms. The van der Waals surface area contributed by atoms with Gasteiger partial charge in [0.2, 0.25) is 0 Å². The van der Waals surface area contributed by atoms with Gasteiger partial charge in [-0.2, -0.15) is 0 Å². The van der Waals surface area contributed by atoms with Gasteiger partial charge < -0.3 is 14.8 Å². The molecule has 0 aromatic heterocycles. The second kappa shape index (κ2) is 8.71. The van der Waals surface area contributed by atoms with Gasteiger partial charge >= 0.3 is 5.97 Å². The molecule has 1 amide bonds. The molecular formula is C22H25NO4. The number of para-hydroxylation sites is 1. The summed E-state index contributed by atoms with van der Waals surface area (Å²) < 4.78 is 11.0. The normalized spacial score (nSPS) is 14.0. The monoisotopic (exact) mass is 367 g/mol. The minimum atomic E-state index is -0.686. The summed E-state index contributed by atoms with van der Waals surface area (Å²) in [6.45, 7) is 3.74. The van der Waals surface area contributed by atoms with Gasteiger partial charge in [0, 0.05) is 0 Å². The van der Waals surface area contributed by atoms with Crippen LogP contribution >= 0.6 is 0 Å². The third kappa shape index (κ3) is 4.48. The Morgan fingerprint density at radius 1 is 1.07 bits per heavy atom. The summed E-state index contributed by atoms with van der Waals surface area (Å²) >= 11 is 0. The molecule has 0 saturated heterocycles. The highest BCUT2D eigenvalue weighted by atomic mass is 16.5. The highest BCUT2D eigenvalue weighted by Gasteiger charge is 2.21. The predicted octanol–water partition coefficient (Wildman–Crippen LogP) is 4.15. The zero-order chi connectivity index (χ0) is 19.2. The van der Waals surface area contributed by atoms with Crippen molar-refractivity contribution in [2.75, 3.05) is 11.9 Å². The number of esters is 1. The van der Waals surface area contributed by atoms with Crippen molar-refractivity contribution in [2.45, 2.75) is 45.6 Å². The van der Waals surface area contributed by atoms with Crippen molar-refractivity contribution in [3.05, 3.63) is 59.2 Å². The number of rotatable bonds is 6. The molecule has 27 heavy (non-hydrogen) atoms. The van der Waals surface area contributed by atoms with Crippen LogP contribution in [0.4, 0.5) is 5.69 Å². The number of carbonyl (C=O) groups is 2. The van der Waals surface area contributed by atoms with Gasteiger partial charge in [0.1, 0.15) is 5.75 Å².